The van der Waals surface area contributed by atoms with Crippen LogP contribution in [0.2, 0.25) is 0 Å². The van der Waals surface area contributed by atoms with Crippen LogP contribution in [-0.4, -0.2) is 25.3 Å². The van der Waals surface area contributed by atoms with E-state index < -0.39 is 0 Å². The van der Waals surface area contributed by atoms with Crippen molar-refractivity contribution in [2.24, 2.45) is 23.7 Å². The fraction of sp³-hybridized carbons (Fsp3) is 0.609. The maximum Gasteiger partial charge on any atom is 0.344 e. The Kier molecular flexibility index (Phi) is 5.64. The van der Waals surface area contributed by atoms with E-state index in [0.29, 0.717) is 17.4 Å². The summed E-state index contributed by atoms with van der Waals surface area (Å²) in [5.41, 5.74) is 0.676. The van der Waals surface area contributed by atoms with Gasteiger partial charge in [0.05, 0.1) is 10.7 Å². The van der Waals surface area contributed by atoms with Crippen LogP contribution < -0.4 is 9.47 Å². The molecule has 2 bridgehead atoms. The molecular weight excluding hydrogens is 467 g/mol. The second kappa shape index (κ2) is 7.88. The summed E-state index contributed by atoms with van der Waals surface area (Å²) in [5, 5.41) is 0. The van der Waals surface area contributed by atoms with Crippen molar-refractivity contribution in [3.8, 4) is 11.5 Å². The predicted molar refractivity (Wildman–Crippen MR) is 117 cm³/mol. The first-order chi connectivity index (χ1) is 13.5. The third kappa shape index (κ3) is 3.33. The quantitative estimate of drug-likeness (QED) is 0.371. The first-order valence-corrected chi connectivity index (χ1v) is 11.4. The van der Waals surface area contributed by atoms with Crippen molar-refractivity contribution in [2.45, 2.75) is 51.0 Å². The third-order valence-electron chi connectivity index (χ3n) is 7.32. The van der Waals surface area contributed by atoms with Crippen LogP contribution in [0.25, 0.3) is 6.08 Å². The molecule has 0 radical (unpaired) electrons. The molecule has 0 aliphatic heterocycles. The Morgan fingerprint density at radius 2 is 2.14 bits per heavy atom. The SMILES string of the molecule is C=Cc1cc(I)c(OCC(=O)OC2(CC)CC3CC2C2CCCC32)c(OC)c1. The smallest absolute Gasteiger partial charge is 0.344 e. The molecule has 5 atom stereocenters. The van der Waals surface area contributed by atoms with Crippen molar-refractivity contribution in [1.82, 2.24) is 0 Å². The minimum Gasteiger partial charge on any atom is -0.493 e. The van der Waals surface area contributed by atoms with Crippen LogP contribution >= 0.6 is 22.6 Å². The summed E-state index contributed by atoms with van der Waals surface area (Å²) >= 11 is 2.19. The van der Waals surface area contributed by atoms with Crippen LogP contribution in [0, 0.1) is 27.2 Å². The van der Waals surface area contributed by atoms with Crippen molar-refractivity contribution in [3.05, 3.63) is 27.8 Å². The van der Waals surface area contributed by atoms with Crippen LogP contribution in [0.4, 0.5) is 0 Å². The van der Waals surface area contributed by atoms with Gasteiger partial charge in [0.2, 0.25) is 0 Å². The Balaban J connectivity index is 1.43. The van der Waals surface area contributed by atoms with Crippen LogP contribution in [0.5, 0.6) is 11.5 Å². The maximum absolute atomic E-state index is 12.7. The lowest BCUT2D eigenvalue weighted by molar-refractivity contribution is -0.172. The summed E-state index contributed by atoms with van der Waals surface area (Å²) in [6, 6.07) is 3.82. The van der Waals surface area contributed by atoms with Gasteiger partial charge in [-0.25, -0.2) is 4.79 Å². The minimum absolute atomic E-state index is 0.0902. The third-order valence-corrected chi connectivity index (χ3v) is 8.13. The summed E-state index contributed by atoms with van der Waals surface area (Å²) < 4.78 is 18.3. The molecule has 5 unspecified atom stereocenters. The van der Waals surface area contributed by atoms with Crippen molar-refractivity contribution >= 4 is 34.6 Å². The molecule has 3 aliphatic carbocycles. The van der Waals surface area contributed by atoms with E-state index in [4.69, 9.17) is 14.2 Å². The number of ether oxygens (including phenoxy) is 3. The Hall–Kier alpha value is -1.24. The van der Waals surface area contributed by atoms with E-state index >= 15 is 0 Å². The molecule has 0 heterocycles. The van der Waals surface area contributed by atoms with Crippen molar-refractivity contribution < 1.29 is 19.0 Å². The number of hydrogen-bond acceptors (Lipinski definition) is 4. The number of rotatable bonds is 7. The summed E-state index contributed by atoms with van der Waals surface area (Å²) in [6.07, 6.45) is 8.98. The zero-order valence-corrected chi connectivity index (χ0v) is 18.9. The fourth-order valence-corrected chi connectivity index (χ4v) is 6.97. The molecule has 28 heavy (non-hydrogen) atoms. The Morgan fingerprint density at radius 1 is 1.36 bits per heavy atom. The summed E-state index contributed by atoms with van der Waals surface area (Å²) in [7, 11) is 1.60. The molecule has 1 aromatic carbocycles. The van der Waals surface area contributed by atoms with Gasteiger partial charge in [0.25, 0.3) is 0 Å². The number of halogens is 1. The average Bonchev–Trinajstić information content (AvgIpc) is 3.38. The topological polar surface area (TPSA) is 44.8 Å². The molecule has 0 saturated heterocycles. The van der Waals surface area contributed by atoms with Crippen LogP contribution in [-0.2, 0) is 9.53 Å². The molecule has 4 rings (SSSR count). The van der Waals surface area contributed by atoms with Crippen molar-refractivity contribution in [3.63, 3.8) is 0 Å². The van der Waals surface area contributed by atoms with Gasteiger partial charge in [-0.3, -0.25) is 0 Å². The summed E-state index contributed by atoms with van der Waals surface area (Å²) in [5.74, 6) is 3.86. The summed E-state index contributed by atoms with van der Waals surface area (Å²) in [6.45, 7) is 5.87. The second-order valence-electron chi connectivity index (χ2n) is 8.48. The van der Waals surface area contributed by atoms with E-state index in [1.807, 2.05) is 12.1 Å². The van der Waals surface area contributed by atoms with E-state index in [1.165, 1.54) is 25.7 Å². The van der Waals surface area contributed by atoms with E-state index in [0.717, 1.165) is 39.7 Å². The molecule has 3 fully saturated rings. The molecule has 0 aromatic heterocycles. The van der Waals surface area contributed by atoms with Gasteiger partial charge >= 0.3 is 5.97 Å². The fourth-order valence-electron chi connectivity index (χ4n) is 6.19. The number of esters is 1. The number of carbonyl (C=O) groups is 1. The normalized spacial score (nSPS) is 32.8. The highest BCUT2D eigenvalue weighted by atomic mass is 127. The molecule has 152 valence electrons. The molecule has 1 aromatic rings. The lowest BCUT2D eigenvalue weighted by Gasteiger charge is -2.41. The molecule has 3 saturated carbocycles. The molecule has 4 nitrogen and oxygen atoms in total. The number of carbonyl (C=O) groups excluding carboxylic acids is 1. The lowest BCUT2D eigenvalue weighted by Crippen LogP contribution is -2.45. The Morgan fingerprint density at radius 3 is 2.86 bits per heavy atom. The monoisotopic (exact) mass is 496 g/mol. The zero-order valence-electron chi connectivity index (χ0n) is 16.7. The van der Waals surface area contributed by atoms with E-state index in [1.54, 1.807) is 13.2 Å². The second-order valence-corrected chi connectivity index (χ2v) is 9.65. The first-order valence-electron chi connectivity index (χ1n) is 10.4. The van der Waals surface area contributed by atoms with Crippen LogP contribution in [0.15, 0.2) is 18.7 Å². The first kappa shape index (κ1) is 20.0. The highest BCUT2D eigenvalue weighted by molar-refractivity contribution is 14.1. The highest BCUT2D eigenvalue weighted by Gasteiger charge is 2.62. The molecule has 0 amide bonds. The largest absolute Gasteiger partial charge is 0.493 e. The van der Waals surface area contributed by atoms with Gasteiger partial charge in [0, 0.05) is 5.92 Å². The van der Waals surface area contributed by atoms with Crippen LogP contribution in [0.1, 0.15) is 51.0 Å². The molecular formula is C23H29IO4. The molecule has 0 N–H and O–H groups in total. The van der Waals surface area contributed by atoms with Gasteiger partial charge in [-0.2, -0.15) is 0 Å². The van der Waals surface area contributed by atoms with Crippen molar-refractivity contribution in [2.75, 3.05) is 13.7 Å². The number of fused-ring (bicyclic) bond motifs is 5. The van der Waals surface area contributed by atoms with Gasteiger partial charge in [0.1, 0.15) is 5.60 Å². The van der Waals surface area contributed by atoms with E-state index in [9.17, 15) is 4.79 Å². The minimum atomic E-state index is -0.277. The van der Waals surface area contributed by atoms with Gasteiger partial charge in [0.15, 0.2) is 18.1 Å². The number of methoxy groups -OCH3 is 1. The van der Waals surface area contributed by atoms with Gasteiger partial charge in [-0.15, -0.1) is 0 Å². The molecule has 3 aliphatic rings. The highest BCUT2D eigenvalue weighted by Crippen LogP contribution is 2.64. The van der Waals surface area contributed by atoms with Gasteiger partial charge < -0.3 is 14.2 Å². The standard InChI is InChI=1S/C23H29IO4/c1-4-14-9-19(24)22(20(10-14)26-3)27-13-21(25)28-23(5-2)12-15-11-18(23)17-8-6-7-16(15)17/h4,9-10,15-18H,1,5-8,11-13H2,2-3H3. The van der Waals surface area contributed by atoms with Gasteiger partial charge in [-0.05, 0) is 90.1 Å². The van der Waals surface area contributed by atoms with Gasteiger partial charge in [-0.1, -0.05) is 26.0 Å². The zero-order chi connectivity index (χ0) is 19.9. The number of hydrogen-bond donors (Lipinski definition) is 0. The number of benzene rings is 1. The lowest BCUT2D eigenvalue weighted by atomic mass is 9.71. The summed E-state index contributed by atoms with van der Waals surface area (Å²) in [4.78, 5) is 12.7. The Labute approximate surface area is 181 Å². The van der Waals surface area contributed by atoms with Crippen LogP contribution in [0.3, 0.4) is 0 Å². The van der Waals surface area contributed by atoms with Crippen molar-refractivity contribution in [1.29, 1.82) is 0 Å². The molecule has 0 spiro atoms. The average molecular weight is 496 g/mol. The predicted octanol–water partition coefficient (Wildman–Crippen LogP) is 5.47. The van der Waals surface area contributed by atoms with E-state index in [2.05, 4.69) is 36.1 Å². The Bertz CT molecular complexity index is 776. The maximum atomic E-state index is 12.7. The molecule has 5 heteroatoms. The van der Waals surface area contributed by atoms with E-state index in [-0.39, 0.29) is 18.2 Å².